The standard InChI is InChI=1S/C21H36O5/c1-7-14(6)17(22)16-18(23)15(9-8-12(2)3)19(24)21(26,20(16)25)11-10-13(4)5/h12-17,22,26H,7-11H2,1-6H3. The Kier molecular flexibility index (Phi) is 8.15. The van der Waals surface area contributed by atoms with E-state index in [0.717, 1.165) is 0 Å². The van der Waals surface area contributed by atoms with Crippen LogP contribution >= 0.6 is 0 Å². The molecule has 5 nitrogen and oxygen atoms in total. The molecule has 0 radical (unpaired) electrons. The summed E-state index contributed by atoms with van der Waals surface area (Å²) in [6.45, 7) is 11.6. The van der Waals surface area contributed by atoms with E-state index >= 15 is 0 Å². The van der Waals surface area contributed by atoms with Crippen LogP contribution in [0, 0.1) is 29.6 Å². The van der Waals surface area contributed by atoms with E-state index in [2.05, 4.69) is 0 Å². The van der Waals surface area contributed by atoms with E-state index in [-0.39, 0.29) is 18.3 Å². The minimum atomic E-state index is -2.15. The highest BCUT2D eigenvalue weighted by atomic mass is 16.3. The van der Waals surface area contributed by atoms with Crippen molar-refractivity contribution in [2.75, 3.05) is 0 Å². The average molecular weight is 369 g/mol. The van der Waals surface area contributed by atoms with Crippen molar-refractivity contribution < 1.29 is 24.6 Å². The molecule has 5 heteroatoms. The maximum atomic E-state index is 13.0. The van der Waals surface area contributed by atoms with E-state index in [4.69, 9.17) is 0 Å². The summed E-state index contributed by atoms with van der Waals surface area (Å²) in [6.07, 6.45) is 0.926. The summed E-state index contributed by atoms with van der Waals surface area (Å²) in [5.74, 6) is -4.04. The van der Waals surface area contributed by atoms with Gasteiger partial charge in [-0.25, -0.2) is 0 Å². The predicted octanol–water partition coefficient (Wildman–Crippen LogP) is 2.95. The fourth-order valence-corrected chi connectivity index (χ4v) is 3.55. The largest absolute Gasteiger partial charge is 0.392 e. The molecule has 0 bridgehead atoms. The third-order valence-corrected chi connectivity index (χ3v) is 5.75. The molecule has 0 saturated heterocycles. The number of hydrogen-bond donors (Lipinski definition) is 2. The van der Waals surface area contributed by atoms with Crippen LogP contribution in [0.1, 0.15) is 73.6 Å². The van der Waals surface area contributed by atoms with Crippen molar-refractivity contribution in [1.29, 1.82) is 0 Å². The molecular weight excluding hydrogens is 332 g/mol. The van der Waals surface area contributed by atoms with E-state index in [1.54, 1.807) is 6.92 Å². The summed E-state index contributed by atoms with van der Waals surface area (Å²) in [4.78, 5) is 38.8. The van der Waals surface area contributed by atoms with Crippen LogP contribution in [0.15, 0.2) is 0 Å². The minimum Gasteiger partial charge on any atom is -0.392 e. The van der Waals surface area contributed by atoms with Crippen molar-refractivity contribution in [3.05, 3.63) is 0 Å². The Bertz CT molecular complexity index is 524. The number of carbonyl (C=O) groups excluding carboxylic acids is 3. The zero-order chi connectivity index (χ0) is 20.2. The number of hydrogen-bond acceptors (Lipinski definition) is 5. The molecule has 5 atom stereocenters. The van der Waals surface area contributed by atoms with Gasteiger partial charge in [0.1, 0.15) is 5.92 Å². The van der Waals surface area contributed by atoms with Gasteiger partial charge in [0, 0.05) is 0 Å². The van der Waals surface area contributed by atoms with Gasteiger partial charge in [0.2, 0.25) is 0 Å². The summed E-state index contributed by atoms with van der Waals surface area (Å²) >= 11 is 0. The fourth-order valence-electron chi connectivity index (χ4n) is 3.55. The van der Waals surface area contributed by atoms with Gasteiger partial charge in [-0.2, -0.15) is 0 Å². The van der Waals surface area contributed by atoms with Crippen LogP contribution < -0.4 is 0 Å². The van der Waals surface area contributed by atoms with Crippen LogP contribution in [-0.2, 0) is 14.4 Å². The van der Waals surface area contributed by atoms with Gasteiger partial charge in [0.05, 0.1) is 12.0 Å². The van der Waals surface area contributed by atoms with Crippen LogP contribution in [-0.4, -0.2) is 39.3 Å². The topological polar surface area (TPSA) is 91.7 Å². The highest BCUT2D eigenvalue weighted by Crippen LogP contribution is 2.37. The predicted molar refractivity (Wildman–Crippen MR) is 101 cm³/mol. The lowest BCUT2D eigenvalue weighted by Crippen LogP contribution is -2.63. The molecule has 150 valence electrons. The summed E-state index contributed by atoms with van der Waals surface area (Å²) in [7, 11) is 0. The Morgan fingerprint density at radius 3 is 1.96 bits per heavy atom. The Labute approximate surface area is 157 Å². The second kappa shape index (κ2) is 9.23. The Hall–Kier alpha value is -1.07. The van der Waals surface area contributed by atoms with Crippen molar-refractivity contribution in [1.82, 2.24) is 0 Å². The van der Waals surface area contributed by atoms with Crippen LogP contribution in [0.4, 0.5) is 0 Å². The van der Waals surface area contributed by atoms with Crippen LogP contribution in [0.2, 0.25) is 0 Å². The van der Waals surface area contributed by atoms with E-state index in [1.165, 1.54) is 0 Å². The smallest absolute Gasteiger partial charge is 0.185 e. The molecule has 26 heavy (non-hydrogen) atoms. The van der Waals surface area contributed by atoms with Crippen LogP contribution in [0.3, 0.4) is 0 Å². The van der Waals surface area contributed by atoms with Gasteiger partial charge in [-0.1, -0.05) is 48.0 Å². The molecule has 1 rings (SSSR count). The highest BCUT2D eigenvalue weighted by Gasteiger charge is 2.59. The molecule has 1 aliphatic carbocycles. The number of carbonyl (C=O) groups is 3. The van der Waals surface area contributed by atoms with E-state index < -0.39 is 40.9 Å². The third-order valence-electron chi connectivity index (χ3n) is 5.75. The minimum absolute atomic E-state index is 0.0114. The second-order valence-corrected chi connectivity index (χ2v) is 8.80. The number of rotatable bonds is 9. The molecule has 1 aliphatic rings. The van der Waals surface area contributed by atoms with Gasteiger partial charge in [0.25, 0.3) is 0 Å². The van der Waals surface area contributed by atoms with Crippen molar-refractivity contribution in [2.45, 2.75) is 85.4 Å². The molecule has 0 heterocycles. The molecule has 0 spiro atoms. The summed E-state index contributed by atoms with van der Waals surface area (Å²) in [6, 6.07) is 0. The molecule has 2 N–H and O–H groups in total. The van der Waals surface area contributed by atoms with Gasteiger partial charge < -0.3 is 10.2 Å². The Balaban J connectivity index is 3.26. The summed E-state index contributed by atoms with van der Waals surface area (Å²) < 4.78 is 0. The summed E-state index contributed by atoms with van der Waals surface area (Å²) in [5, 5.41) is 21.6. The molecule has 0 aromatic carbocycles. The molecule has 1 saturated carbocycles. The van der Waals surface area contributed by atoms with Crippen molar-refractivity contribution >= 4 is 17.3 Å². The normalized spacial score (nSPS) is 29.5. The first-order valence-corrected chi connectivity index (χ1v) is 10.00. The molecule has 0 aliphatic heterocycles. The first-order valence-electron chi connectivity index (χ1n) is 10.00. The lowest BCUT2D eigenvalue weighted by Gasteiger charge is -2.40. The highest BCUT2D eigenvalue weighted by molar-refractivity contribution is 6.28. The lowest BCUT2D eigenvalue weighted by atomic mass is 9.63. The maximum Gasteiger partial charge on any atom is 0.185 e. The second-order valence-electron chi connectivity index (χ2n) is 8.80. The zero-order valence-electron chi connectivity index (χ0n) is 17.1. The molecular formula is C21H36O5. The number of aliphatic hydroxyl groups excluding tert-OH is 1. The third kappa shape index (κ3) is 4.80. The van der Waals surface area contributed by atoms with E-state index in [0.29, 0.717) is 31.6 Å². The molecule has 1 fully saturated rings. The first-order chi connectivity index (χ1) is 12.0. The van der Waals surface area contributed by atoms with Gasteiger partial charge in [-0.3, -0.25) is 14.4 Å². The number of ketones is 3. The maximum absolute atomic E-state index is 13.0. The number of Topliss-reactive ketones (excluding diaryl/α,β-unsaturated/α-hetero) is 3. The van der Waals surface area contributed by atoms with Crippen molar-refractivity contribution in [3.63, 3.8) is 0 Å². The number of aliphatic hydroxyl groups is 2. The van der Waals surface area contributed by atoms with Crippen molar-refractivity contribution in [3.8, 4) is 0 Å². The lowest BCUT2D eigenvalue weighted by molar-refractivity contribution is -0.171. The quantitative estimate of drug-likeness (QED) is 0.611. The molecule has 5 unspecified atom stereocenters. The van der Waals surface area contributed by atoms with Gasteiger partial charge >= 0.3 is 0 Å². The Morgan fingerprint density at radius 1 is 0.962 bits per heavy atom. The molecule has 0 aromatic heterocycles. The van der Waals surface area contributed by atoms with Gasteiger partial charge in [0.15, 0.2) is 23.0 Å². The SMILES string of the molecule is CCC(C)C(O)C1C(=O)C(CCC(C)C)C(=O)C(O)(CCC(C)C)C1=O. The zero-order valence-corrected chi connectivity index (χ0v) is 17.1. The van der Waals surface area contributed by atoms with Crippen LogP contribution in [0.25, 0.3) is 0 Å². The monoisotopic (exact) mass is 368 g/mol. The van der Waals surface area contributed by atoms with Crippen molar-refractivity contribution in [2.24, 2.45) is 29.6 Å². The fraction of sp³-hybridized carbons (Fsp3) is 0.857. The summed E-state index contributed by atoms with van der Waals surface area (Å²) in [5.41, 5.74) is -2.15. The average Bonchev–Trinajstić information content (AvgIpc) is 2.57. The van der Waals surface area contributed by atoms with E-state index in [1.807, 2.05) is 34.6 Å². The van der Waals surface area contributed by atoms with Gasteiger partial charge in [-0.15, -0.1) is 0 Å². The Morgan fingerprint density at radius 2 is 1.50 bits per heavy atom. The van der Waals surface area contributed by atoms with Crippen LogP contribution in [0.5, 0.6) is 0 Å². The molecule has 0 aromatic rings. The van der Waals surface area contributed by atoms with Gasteiger partial charge in [-0.05, 0) is 43.4 Å². The molecule has 0 amide bonds. The van der Waals surface area contributed by atoms with E-state index in [9.17, 15) is 24.6 Å². The first kappa shape index (κ1) is 23.0.